The molecule has 0 radical (unpaired) electrons. The Bertz CT molecular complexity index is 6920. The van der Waals surface area contributed by atoms with Crippen LogP contribution in [-0.4, -0.2) is 83.9 Å². The number of rotatable bonds is 2. The molecule has 3 aliphatic rings. The number of imidazole rings is 1. The summed E-state index contributed by atoms with van der Waals surface area (Å²) in [4.78, 5) is 37.3. The number of aromatic nitrogens is 12. The fraction of sp³-hybridized carbons (Fsp3) is 0.378. The molecule has 10 aromatic carbocycles. The van der Waals surface area contributed by atoms with Crippen LogP contribution in [0.4, 0.5) is 5.69 Å². The SMILES string of the molecule is C.C.CC(C)(C)c1ccc2[nH]ccc2c1.CC(C)(C)c1ccc2[nH]ncc2c1.CC(C)(C)c1ccc2c(c1)CC=N2.CC(C)(C)c1ccc2c(c1)OCCO2.CC(C)(C)c1ccc2ncccc2c1.CC(C)(C)c1ccc2nccn2c1.CC(C)(C)c1ccc2nccnc2c1.CC(C)(C)c1ccc2nsnc2c1.CC(C)(C)c1ccc2scnc2c1.CC(C)c1ccc2c(c1)CN=C2.CC(C)c1ccc2ncsc2c1. The molecule has 0 fully saturated rings. The number of pyridine rings is 2. The van der Waals surface area contributed by atoms with E-state index in [1.165, 1.54) is 121 Å². The Kier molecular flexibility index (Phi) is 38.7. The molecule has 768 valence electrons. The van der Waals surface area contributed by atoms with Crippen LogP contribution in [-0.2, 0) is 61.7 Å². The first-order valence-electron chi connectivity index (χ1n) is 50.3. The Morgan fingerprint density at radius 3 is 1.47 bits per heavy atom. The van der Waals surface area contributed by atoms with Crippen LogP contribution in [0.3, 0.4) is 0 Å². The van der Waals surface area contributed by atoms with Gasteiger partial charge in [0, 0.05) is 78.5 Å². The predicted molar refractivity (Wildman–Crippen MR) is 631 cm³/mol. The predicted octanol–water partition coefficient (Wildman–Crippen LogP) is 35.4. The quantitative estimate of drug-likeness (QED) is 0.167. The third kappa shape index (κ3) is 32.6. The highest BCUT2D eigenvalue weighted by molar-refractivity contribution is 7.17. The second-order valence-electron chi connectivity index (χ2n) is 47.0. The van der Waals surface area contributed by atoms with E-state index in [4.69, 9.17) is 9.47 Å². The smallest absolute Gasteiger partial charge is 0.161 e. The normalized spacial score (nSPS) is 12.6. The van der Waals surface area contributed by atoms with Crippen LogP contribution in [0.15, 0.2) is 283 Å². The molecule has 0 spiro atoms. The van der Waals surface area contributed by atoms with Gasteiger partial charge in [0.05, 0.1) is 83.7 Å². The molecule has 0 bridgehead atoms. The maximum Gasteiger partial charge on any atom is 0.161 e. The number of aromatic amines is 2. The summed E-state index contributed by atoms with van der Waals surface area (Å²) in [6, 6.07) is 74.9. The molecule has 0 saturated carbocycles. The summed E-state index contributed by atoms with van der Waals surface area (Å²) in [5, 5.41) is 10.7. The number of thiazole rings is 2. The van der Waals surface area contributed by atoms with Crippen LogP contribution in [0.25, 0.3) is 80.9 Å². The van der Waals surface area contributed by atoms with Crippen molar-refractivity contribution in [2.75, 3.05) is 13.2 Å². The van der Waals surface area contributed by atoms with Gasteiger partial charge in [-0.05, 0) is 265 Å². The fourth-order valence-electron chi connectivity index (χ4n) is 15.7. The summed E-state index contributed by atoms with van der Waals surface area (Å²) >= 11 is 4.68. The number of hydrogen-bond donors (Lipinski definition) is 2. The molecule has 146 heavy (non-hydrogen) atoms. The minimum absolute atomic E-state index is 0. The lowest BCUT2D eigenvalue weighted by Gasteiger charge is -2.23. The van der Waals surface area contributed by atoms with Crippen LogP contribution in [0.2, 0.25) is 0 Å². The second-order valence-corrected chi connectivity index (χ2v) is 49.3. The molecular weight excluding hydrogens is 1850 g/mol. The molecule has 3 aliphatic heterocycles. The van der Waals surface area contributed by atoms with Crippen molar-refractivity contribution in [3.8, 4) is 11.5 Å². The topological polar surface area (TPSA) is 195 Å². The molecule has 0 aliphatic carbocycles. The molecule has 16 nitrogen and oxygen atoms in total. The summed E-state index contributed by atoms with van der Waals surface area (Å²) in [6.45, 7) is 70.9. The zero-order valence-electron chi connectivity index (χ0n) is 91.0. The maximum absolute atomic E-state index is 5.53. The second kappa shape index (κ2) is 49.1. The Morgan fingerprint density at radius 2 is 0.836 bits per heavy atom. The van der Waals surface area contributed by atoms with Gasteiger partial charge in [0.15, 0.2) is 11.5 Å². The first-order valence-corrected chi connectivity index (χ1v) is 52.8. The van der Waals surface area contributed by atoms with E-state index >= 15 is 0 Å². The van der Waals surface area contributed by atoms with Gasteiger partial charge in [0.25, 0.3) is 0 Å². The molecule has 0 amide bonds. The minimum Gasteiger partial charge on any atom is -0.486 e. The third-order valence-electron chi connectivity index (χ3n) is 25.3. The van der Waals surface area contributed by atoms with Gasteiger partial charge >= 0.3 is 0 Å². The molecule has 9 aromatic heterocycles. The Morgan fingerprint density at radius 1 is 0.356 bits per heavy atom. The van der Waals surface area contributed by atoms with Crippen molar-refractivity contribution in [3.63, 3.8) is 0 Å². The number of aliphatic imine (C=N–C) groups is 2. The van der Waals surface area contributed by atoms with Gasteiger partial charge in [-0.15, -0.1) is 22.7 Å². The maximum atomic E-state index is 5.53. The Labute approximate surface area is 883 Å². The van der Waals surface area contributed by atoms with Crippen molar-refractivity contribution in [2.24, 2.45) is 9.98 Å². The number of nitrogens with zero attached hydrogens (tertiary/aromatic N) is 12. The van der Waals surface area contributed by atoms with Crippen LogP contribution < -0.4 is 9.47 Å². The summed E-state index contributed by atoms with van der Waals surface area (Å²) in [5.41, 5.74) is 36.3. The number of nitrogens with one attached hydrogen (secondary N) is 2. The van der Waals surface area contributed by atoms with E-state index in [1.807, 2.05) is 78.7 Å². The number of fused-ring (bicyclic) bond motifs is 11. The van der Waals surface area contributed by atoms with Crippen LogP contribution >= 0.6 is 34.4 Å². The minimum atomic E-state index is 0. The number of H-pyrrole nitrogens is 2. The van der Waals surface area contributed by atoms with Crippen molar-refractivity contribution in [3.05, 3.63) is 351 Å². The van der Waals surface area contributed by atoms with E-state index in [0.29, 0.717) is 25.0 Å². The molecule has 0 atom stereocenters. The highest BCUT2D eigenvalue weighted by Gasteiger charge is 2.24. The zero-order valence-corrected chi connectivity index (χ0v) is 93.5. The molecular formula is C127H160N14O2S3. The summed E-state index contributed by atoms with van der Waals surface area (Å²) in [6.07, 6.45) is 20.0. The fourth-order valence-corrected chi connectivity index (χ4v) is 17.6. The van der Waals surface area contributed by atoms with Gasteiger partial charge in [-0.1, -0.05) is 320 Å². The highest BCUT2D eigenvalue weighted by Crippen LogP contribution is 2.38. The van der Waals surface area contributed by atoms with Crippen molar-refractivity contribution >= 4 is 133 Å². The van der Waals surface area contributed by atoms with Crippen molar-refractivity contribution in [1.82, 2.24) is 58.2 Å². The van der Waals surface area contributed by atoms with Gasteiger partial charge in [-0.25, -0.2) is 15.0 Å². The van der Waals surface area contributed by atoms with Gasteiger partial charge in [0.1, 0.15) is 29.9 Å². The average molecular weight is 2010 g/mol. The van der Waals surface area contributed by atoms with E-state index in [2.05, 4.69) is 477 Å². The van der Waals surface area contributed by atoms with Gasteiger partial charge in [0.2, 0.25) is 0 Å². The number of benzene rings is 10. The lowest BCUT2D eigenvalue weighted by Crippen LogP contribution is -2.17. The first kappa shape index (κ1) is 115. The van der Waals surface area contributed by atoms with E-state index in [1.54, 1.807) is 35.1 Å². The highest BCUT2D eigenvalue weighted by atomic mass is 32.1. The Balaban J connectivity index is 0.000000164. The van der Waals surface area contributed by atoms with Crippen LogP contribution in [0.5, 0.6) is 11.5 Å². The summed E-state index contributed by atoms with van der Waals surface area (Å²) in [7, 11) is 0. The summed E-state index contributed by atoms with van der Waals surface area (Å²) in [5.74, 6) is 2.97. The molecule has 19 heteroatoms. The molecule has 0 unspecified atom stereocenters. The molecule has 12 heterocycles. The van der Waals surface area contributed by atoms with Crippen molar-refractivity contribution < 1.29 is 9.47 Å². The zero-order chi connectivity index (χ0) is 104. The van der Waals surface area contributed by atoms with E-state index in [0.717, 1.165) is 79.9 Å². The molecule has 22 rings (SSSR count). The monoisotopic (exact) mass is 2010 g/mol. The number of hydrogen-bond acceptors (Lipinski definition) is 16. The van der Waals surface area contributed by atoms with Crippen molar-refractivity contribution in [1.29, 1.82) is 0 Å². The summed E-state index contributed by atoms with van der Waals surface area (Å²) < 4.78 is 24.0. The average Bonchev–Trinajstić information content (AvgIpc) is 1.11. The largest absolute Gasteiger partial charge is 0.486 e. The van der Waals surface area contributed by atoms with E-state index < -0.39 is 0 Å². The first-order chi connectivity index (χ1) is 67.7. The van der Waals surface area contributed by atoms with Crippen LogP contribution in [0, 0.1) is 0 Å². The molecule has 19 aromatic rings. The Hall–Kier alpha value is -12.8. The van der Waals surface area contributed by atoms with E-state index in [9.17, 15) is 0 Å². The van der Waals surface area contributed by atoms with Gasteiger partial charge in [-0.2, -0.15) is 13.8 Å². The van der Waals surface area contributed by atoms with E-state index in [-0.39, 0.29) is 63.6 Å². The third-order valence-corrected chi connectivity index (χ3v) is 27.5. The van der Waals surface area contributed by atoms with Gasteiger partial charge in [-0.3, -0.25) is 30.0 Å². The molecule has 2 N–H and O–H groups in total. The lowest BCUT2D eigenvalue weighted by molar-refractivity contribution is 0.171. The van der Waals surface area contributed by atoms with Crippen LogP contribution in [0.1, 0.15) is 319 Å². The standard InChI is InChI=1S/C13H15N.C12H14N2.2C12H15N.C12H16O2.2C11H14N2.C11H13NS.C11H13N.C10H12N2S.C10H11NS.2CH4/c1-13(2,3)11-6-7-12-10(9-11)5-4-8-14-12;1-12(2,3)9-4-5-10-11(8-9)14-7-6-13-10;2*1-12(2,3)10-4-5-11-9(8-10)6-7-13-11;1-12(2,3)9-4-5-10-11(8-9)14-7-6-13-10;1-11(2,3)9-4-5-10-8(6-9)7-12-13-10;1-11(2,3)9-4-5-10-12-6-7-13(10)8-9;1-11(2,3)8-4-5-10-9(6-8)12-7-13-10;1-8(2)9-3-4-10-6-12-7-11(10)5-9;1-10(2,3)7-4-5-8-9(6-7)12-13-11-8;1-7(2)8-3-4-9-10(5-8)12-6-11-9;;/h4-9H,1-3H3;4-8H,1-3H3;4-5,7-8H,6H2,1-3H3;4-8,13H,1-3H3;4-5,8H,6-7H2,1-3H3;4-7H,1-3H3,(H,12,13);4-8H,1-3H3;4-7H,1-3H3;3-6,8H,7H2,1-2H3;4-6H,1-3H3;3-7H,1-2H3;2*1H4. The number of ether oxygens (including phenoxy) is 2. The van der Waals surface area contributed by atoms with Gasteiger partial charge < -0.3 is 18.9 Å². The van der Waals surface area contributed by atoms with Crippen molar-refractivity contribution in [2.45, 2.75) is 303 Å². The molecule has 0 saturated heterocycles. The lowest BCUT2D eigenvalue weighted by atomic mass is 9.86.